The molecule has 2 amide bonds. The third-order valence-corrected chi connectivity index (χ3v) is 4.35. The van der Waals surface area contributed by atoms with Gasteiger partial charge in [0.1, 0.15) is 0 Å². The summed E-state index contributed by atoms with van der Waals surface area (Å²) in [4.78, 5) is 28.2. The number of carbonyl (C=O) groups is 2. The molecule has 0 aromatic carbocycles. The molecule has 0 saturated carbocycles. The minimum absolute atomic E-state index is 0.0439. The van der Waals surface area contributed by atoms with Crippen molar-refractivity contribution in [3.05, 3.63) is 0 Å². The largest absolute Gasteiger partial charge is 0.379 e. The highest BCUT2D eigenvalue weighted by atomic mass is 16.5. The van der Waals surface area contributed by atoms with E-state index in [0.717, 1.165) is 58.7 Å². The van der Waals surface area contributed by atoms with Crippen molar-refractivity contribution >= 4 is 11.8 Å². The first-order chi connectivity index (χ1) is 10.2. The van der Waals surface area contributed by atoms with E-state index >= 15 is 0 Å². The molecule has 0 spiro atoms. The van der Waals surface area contributed by atoms with Crippen LogP contribution in [0.2, 0.25) is 0 Å². The molecule has 21 heavy (non-hydrogen) atoms. The number of nitrogens with zero attached hydrogens (tertiary/aromatic N) is 2. The van der Waals surface area contributed by atoms with Gasteiger partial charge in [0.25, 0.3) is 0 Å². The number of likely N-dealkylation sites (N-methyl/N-ethyl adjacent to an activating group) is 1. The first kappa shape index (κ1) is 16.2. The van der Waals surface area contributed by atoms with Gasteiger partial charge in [-0.2, -0.15) is 0 Å². The number of carbonyl (C=O) groups excluding carboxylic acids is 2. The first-order valence-electron chi connectivity index (χ1n) is 7.98. The monoisotopic (exact) mass is 297 g/mol. The molecule has 1 atom stereocenters. The van der Waals surface area contributed by atoms with Crippen molar-refractivity contribution < 1.29 is 14.3 Å². The molecule has 2 aliphatic rings. The van der Waals surface area contributed by atoms with E-state index in [1.165, 1.54) is 0 Å². The molecule has 2 rings (SSSR count). The highest BCUT2D eigenvalue weighted by Crippen LogP contribution is 2.17. The number of morpholine rings is 1. The lowest BCUT2D eigenvalue weighted by atomic mass is 9.98. The Kier molecular flexibility index (Phi) is 6.45. The van der Waals surface area contributed by atoms with E-state index in [1.54, 1.807) is 4.90 Å². The number of nitrogens with one attached hydrogen (secondary N) is 1. The number of hydrogen-bond acceptors (Lipinski definition) is 4. The Hall–Kier alpha value is -1.14. The van der Waals surface area contributed by atoms with Crippen molar-refractivity contribution in [3.8, 4) is 0 Å². The summed E-state index contributed by atoms with van der Waals surface area (Å²) in [7, 11) is 1.83. The summed E-state index contributed by atoms with van der Waals surface area (Å²) in [6.07, 6.45) is 3.21. The third kappa shape index (κ3) is 5.28. The Morgan fingerprint density at radius 3 is 2.90 bits per heavy atom. The molecular weight excluding hydrogens is 270 g/mol. The van der Waals surface area contributed by atoms with Gasteiger partial charge in [-0.3, -0.25) is 14.5 Å². The van der Waals surface area contributed by atoms with Crippen LogP contribution in [0, 0.1) is 5.92 Å². The fourth-order valence-corrected chi connectivity index (χ4v) is 2.81. The number of rotatable bonds is 5. The zero-order valence-electron chi connectivity index (χ0n) is 13.0. The van der Waals surface area contributed by atoms with Crippen molar-refractivity contribution in [3.63, 3.8) is 0 Å². The van der Waals surface area contributed by atoms with Crippen molar-refractivity contribution in [1.82, 2.24) is 15.1 Å². The fraction of sp³-hybridized carbons (Fsp3) is 0.867. The average molecular weight is 297 g/mol. The van der Waals surface area contributed by atoms with Crippen molar-refractivity contribution in [1.29, 1.82) is 0 Å². The summed E-state index contributed by atoms with van der Waals surface area (Å²) in [5.41, 5.74) is 0. The predicted octanol–water partition coefficient (Wildman–Crippen LogP) is 0.0834. The van der Waals surface area contributed by atoms with Crippen molar-refractivity contribution in [2.75, 3.05) is 53.0 Å². The average Bonchev–Trinajstić information content (AvgIpc) is 2.71. The SMILES string of the molecule is CN(CCN1CCOCC1)C(=O)C[C@H]1CCCCNC1=O. The summed E-state index contributed by atoms with van der Waals surface area (Å²) in [5, 5.41) is 2.89. The van der Waals surface area contributed by atoms with E-state index in [4.69, 9.17) is 4.74 Å². The Balaban J connectivity index is 1.72. The maximum absolute atomic E-state index is 12.2. The van der Waals surface area contributed by atoms with Gasteiger partial charge in [-0.1, -0.05) is 6.42 Å². The topological polar surface area (TPSA) is 61.9 Å². The summed E-state index contributed by atoms with van der Waals surface area (Å²) >= 11 is 0. The smallest absolute Gasteiger partial charge is 0.223 e. The zero-order chi connectivity index (χ0) is 15.1. The van der Waals surface area contributed by atoms with Crippen LogP contribution in [0.5, 0.6) is 0 Å². The van der Waals surface area contributed by atoms with Gasteiger partial charge < -0.3 is 15.0 Å². The molecule has 0 bridgehead atoms. The third-order valence-electron chi connectivity index (χ3n) is 4.35. The molecule has 0 aliphatic carbocycles. The Morgan fingerprint density at radius 1 is 1.38 bits per heavy atom. The maximum atomic E-state index is 12.2. The van der Waals surface area contributed by atoms with Crippen LogP contribution in [0.4, 0.5) is 0 Å². The normalized spacial score (nSPS) is 24.2. The molecule has 2 fully saturated rings. The second-order valence-corrected chi connectivity index (χ2v) is 5.96. The van der Waals surface area contributed by atoms with Gasteiger partial charge >= 0.3 is 0 Å². The highest BCUT2D eigenvalue weighted by molar-refractivity contribution is 5.85. The molecule has 0 unspecified atom stereocenters. The molecule has 2 aliphatic heterocycles. The predicted molar refractivity (Wildman–Crippen MR) is 79.9 cm³/mol. The molecule has 6 heteroatoms. The molecule has 2 heterocycles. The summed E-state index contributed by atoms with van der Waals surface area (Å²) in [6.45, 7) is 5.77. The Bertz CT molecular complexity index is 356. The molecule has 120 valence electrons. The van der Waals surface area contributed by atoms with Crippen LogP contribution in [0.15, 0.2) is 0 Å². The van der Waals surface area contributed by atoms with Gasteiger partial charge in [0, 0.05) is 52.1 Å². The quantitative estimate of drug-likeness (QED) is 0.781. The van der Waals surface area contributed by atoms with Crippen LogP contribution >= 0.6 is 0 Å². The van der Waals surface area contributed by atoms with Crippen LogP contribution in [0.25, 0.3) is 0 Å². The van der Waals surface area contributed by atoms with E-state index in [1.807, 2.05) is 7.05 Å². The van der Waals surface area contributed by atoms with Gasteiger partial charge in [0.15, 0.2) is 0 Å². The molecule has 1 N–H and O–H groups in total. The van der Waals surface area contributed by atoms with Gasteiger partial charge in [-0.05, 0) is 12.8 Å². The van der Waals surface area contributed by atoms with E-state index in [0.29, 0.717) is 13.0 Å². The molecule has 0 aromatic heterocycles. The van der Waals surface area contributed by atoms with E-state index < -0.39 is 0 Å². The molecular formula is C15H27N3O3. The lowest BCUT2D eigenvalue weighted by molar-refractivity contribution is -0.135. The van der Waals surface area contributed by atoms with Crippen LogP contribution in [-0.2, 0) is 14.3 Å². The highest BCUT2D eigenvalue weighted by Gasteiger charge is 2.25. The first-order valence-corrected chi connectivity index (χ1v) is 7.98. The summed E-state index contributed by atoms with van der Waals surface area (Å²) in [5.74, 6) is -0.0291. The Labute approximate surface area is 126 Å². The second kappa shape index (κ2) is 8.34. The number of ether oxygens (including phenoxy) is 1. The minimum Gasteiger partial charge on any atom is -0.379 e. The van der Waals surface area contributed by atoms with Crippen molar-refractivity contribution in [2.45, 2.75) is 25.7 Å². The van der Waals surface area contributed by atoms with E-state index in [-0.39, 0.29) is 17.7 Å². The molecule has 6 nitrogen and oxygen atoms in total. The second-order valence-electron chi connectivity index (χ2n) is 5.96. The lowest BCUT2D eigenvalue weighted by Crippen LogP contribution is -2.42. The maximum Gasteiger partial charge on any atom is 0.223 e. The fourth-order valence-electron chi connectivity index (χ4n) is 2.81. The van der Waals surface area contributed by atoms with Gasteiger partial charge in [-0.25, -0.2) is 0 Å². The molecule has 0 aromatic rings. The summed E-state index contributed by atoms with van der Waals surface area (Å²) < 4.78 is 5.31. The minimum atomic E-state index is -0.147. The van der Waals surface area contributed by atoms with Crippen LogP contribution in [0.1, 0.15) is 25.7 Å². The van der Waals surface area contributed by atoms with E-state index in [9.17, 15) is 9.59 Å². The van der Waals surface area contributed by atoms with Crippen LogP contribution < -0.4 is 5.32 Å². The standard InChI is InChI=1S/C15H27N3O3/c1-17(6-7-18-8-10-21-11-9-18)14(19)12-13-4-2-3-5-16-15(13)20/h13H,2-12H2,1H3,(H,16,20)/t13-/m1/s1. The van der Waals surface area contributed by atoms with Gasteiger partial charge in [0.2, 0.25) is 11.8 Å². The Morgan fingerprint density at radius 2 is 2.14 bits per heavy atom. The molecule has 0 radical (unpaired) electrons. The van der Waals surface area contributed by atoms with Crippen molar-refractivity contribution in [2.24, 2.45) is 5.92 Å². The van der Waals surface area contributed by atoms with Crippen LogP contribution in [0.3, 0.4) is 0 Å². The van der Waals surface area contributed by atoms with Gasteiger partial charge in [0.05, 0.1) is 13.2 Å². The molecule has 2 saturated heterocycles. The van der Waals surface area contributed by atoms with Crippen LogP contribution in [-0.4, -0.2) is 74.6 Å². The zero-order valence-corrected chi connectivity index (χ0v) is 13.0. The number of amides is 2. The summed E-state index contributed by atoms with van der Waals surface area (Å²) in [6, 6.07) is 0. The van der Waals surface area contributed by atoms with Gasteiger partial charge in [-0.15, -0.1) is 0 Å². The number of hydrogen-bond donors (Lipinski definition) is 1. The van der Waals surface area contributed by atoms with E-state index in [2.05, 4.69) is 10.2 Å². The lowest BCUT2D eigenvalue weighted by Gasteiger charge is -2.29.